The number of amides is 4. The number of hydrogen-bond donors (Lipinski definition) is 1. The Morgan fingerprint density at radius 2 is 1.67 bits per heavy atom. The van der Waals surface area contributed by atoms with Crippen molar-refractivity contribution in [3.05, 3.63) is 53.8 Å². The SMILES string of the molecule is O=C1NC(=O)N(c2ccccc2)C(=O)/C1=C/c1ccc(N2CCCCC2)o1. The van der Waals surface area contributed by atoms with Crippen LogP contribution < -0.4 is 15.1 Å². The van der Waals surface area contributed by atoms with E-state index in [-0.39, 0.29) is 5.57 Å². The lowest BCUT2D eigenvalue weighted by Gasteiger charge is -2.26. The minimum Gasteiger partial charge on any atom is -0.441 e. The Hall–Kier alpha value is -3.35. The predicted molar refractivity (Wildman–Crippen MR) is 100 cm³/mol. The lowest BCUT2D eigenvalue weighted by Crippen LogP contribution is -2.54. The first-order valence-electron chi connectivity index (χ1n) is 8.95. The third kappa shape index (κ3) is 3.36. The average Bonchev–Trinajstić information content (AvgIpc) is 3.15. The molecule has 7 nitrogen and oxygen atoms in total. The highest BCUT2D eigenvalue weighted by Gasteiger charge is 2.37. The highest BCUT2D eigenvalue weighted by Crippen LogP contribution is 2.26. The molecule has 138 valence electrons. The Morgan fingerprint density at radius 3 is 2.41 bits per heavy atom. The van der Waals surface area contributed by atoms with Crippen molar-refractivity contribution in [1.82, 2.24) is 5.32 Å². The number of urea groups is 1. The molecule has 2 aliphatic heterocycles. The summed E-state index contributed by atoms with van der Waals surface area (Å²) in [6, 6.07) is 11.3. The largest absolute Gasteiger partial charge is 0.441 e. The average molecular weight is 365 g/mol. The number of nitrogens with one attached hydrogen (secondary N) is 1. The van der Waals surface area contributed by atoms with Gasteiger partial charge in [0.15, 0.2) is 5.88 Å². The fourth-order valence-corrected chi connectivity index (χ4v) is 3.32. The van der Waals surface area contributed by atoms with E-state index in [0.717, 1.165) is 36.7 Å². The summed E-state index contributed by atoms with van der Waals surface area (Å²) in [5.41, 5.74) is 0.254. The Morgan fingerprint density at radius 1 is 0.926 bits per heavy atom. The standard InChI is InChI=1S/C20H19N3O4/c24-18-16(13-15-9-10-17(27-15)22-11-5-2-6-12-22)19(25)23(20(26)21-18)14-7-3-1-4-8-14/h1,3-4,7-10,13H,2,5-6,11-12H2,(H,21,24,26)/b16-13+. The van der Waals surface area contributed by atoms with Crippen LogP contribution in [0.25, 0.3) is 6.08 Å². The molecule has 4 rings (SSSR count). The van der Waals surface area contributed by atoms with Crippen LogP contribution in [-0.2, 0) is 9.59 Å². The number of nitrogens with zero attached hydrogens (tertiary/aromatic N) is 2. The number of barbiturate groups is 1. The molecule has 27 heavy (non-hydrogen) atoms. The lowest BCUT2D eigenvalue weighted by atomic mass is 10.1. The van der Waals surface area contributed by atoms with Crippen molar-refractivity contribution in [2.45, 2.75) is 19.3 Å². The fourth-order valence-electron chi connectivity index (χ4n) is 3.32. The molecule has 0 saturated carbocycles. The van der Waals surface area contributed by atoms with Crippen LogP contribution in [0.15, 0.2) is 52.5 Å². The summed E-state index contributed by atoms with van der Waals surface area (Å²) < 4.78 is 5.80. The monoisotopic (exact) mass is 365 g/mol. The van der Waals surface area contributed by atoms with E-state index < -0.39 is 17.8 Å². The molecule has 1 N–H and O–H groups in total. The van der Waals surface area contributed by atoms with Crippen LogP contribution >= 0.6 is 0 Å². The topological polar surface area (TPSA) is 82.9 Å². The minimum absolute atomic E-state index is 0.141. The van der Waals surface area contributed by atoms with Crippen molar-refractivity contribution in [1.29, 1.82) is 0 Å². The third-order valence-electron chi connectivity index (χ3n) is 4.68. The molecular weight excluding hydrogens is 346 g/mol. The van der Waals surface area contributed by atoms with Gasteiger partial charge in [-0.3, -0.25) is 14.9 Å². The van der Waals surface area contributed by atoms with E-state index in [4.69, 9.17) is 4.42 Å². The number of benzene rings is 1. The molecule has 0 bridgehead atoms. The van der Waals surface area contributed by atoms with E-state index in [1.54, 1.807) is 36.4 Å². The number of para-hydroxylation sites is 1. The van der Waals surface area contributed by atoms with Crippen LogP contribution in [-0.4, -0.2) is 30.9 Å². The van der Waals surface area contributed by atoms with E-state index in [9.17, 15) is 14.4 Å². The van der Waals surface area contributed by atoms with Crippen molar-refractivity contribution in [2.75, 3.05) is 22.9 Å². The summed E-state index contributed by atoms with van der Waals surface area (Å²) in [5.74, 6) is -0.281. The Labute approximate surface area is 156 Å². The summed E-state index contributed by atoms with van der Waals surface area (Å²) >= 11 is 0. The van der Waals surface area contributed by atoms with E-state index >= 15 is 0 Å². The summed E-state index contributed by atoms with van der Waals surface area (Å²) in [5, 5.41) is 2.21. The molecule has 1 aromatic heterocycles. The molecule has 0 unspecified atom stereocenters. The number of imide groups is 2. The summed E-state index contributed by atoms with van der Waals surface area (Å²) in [6.07, 6.45) is 4.83. The molecule has 3 heterocycles. The van der Waals surface area contributed by atoms with Crippen LogP contribution in [0.3, 0.4) is 0 Å². The number of anilines is 2. The maximum absolute atomic E-state index is 12.8. The third-order valence-corrected chi connectivity index (χ3v) is 4.68. The van der Waals surface area contributed by atoms with Crippen LogP contribution in [0.4, 0.5) is 16.4 Å². The number of carbonyl (C=O) groups is 3. The molecule has 4 amide bonds. The number of rotatable bonds is 3. The second kappa shape index (κ2) is 7.11. The summed E-state index contributed by atoms with van der Waals surface area (Å²) in [6.45, 7) is 1.86. The van der Waals surface area contributed by atoms with E-state index in [1.165, 1.54) is 12.5 Å². The van der Waals surface area contributed by atoms with Gasteiger partial charge in [-0.05, 0) is 43.5 Å². The molecule has 0 radical (unpaired) electrons. The number of piperidine rings is 1. The summed E-state index contributed by atoms with van der Waals surface area (Å²) in [4.78, 5) is 40.2. The molecule has 2 aliphatic rings. The maximum Gasteiger partial charge on any atom is 0.335 e. The molecule has 0 aliphatic carbocycles. The second-order valence-corrected chi connectivity index (χ2v) is 6.52. The number of carbonyl (C=O) groups excluding carboxylic acids is 3. The molecule has 2 fully saturated rings. The zero-order valence-corrected chi connectivity index (χ0v) is 14.7. The van der Waals surface area contributed by atoms with Crippen molar-refractivity contribution < 1.29 is 18.8 Å². The quantitative estimate of drug-likeness (QED) is 0.668. The molecule has 2 aromatic rings. The first kappa shape index (κ1) is 17.1. The smallest absolute Gasteiger partial charge is 0.335 e. The van der Waals surface area contributed by atoms with Gasteiger partial charge in [0.05, 0.1) is 5.69 Å². The second-order valence-electron chi connectivity index (χ2n) is 6.52. The van der Waals surface area contributed by atoms with Gasteiger partial charge < -0.3 is 9.32 Å². The van der Waals surface area contributed by atoms with Gasteiger partial charge >= 0.3 is 6.03 Å². The first-order valence-corrected chi connectivity index (χ1v) is 8.95. The predicted octanol–water partition coefficient (Wildman–Crippen LogP) is 2.94. The zero-order valence-electron chi connectivity index (χ0n) is 14.7. The van der Waals surface area contributed by atoms with Gasteiger partial charge in [0.25, 0.3) is 11.8 Å². The van der Waals surface area contributed by atoms with Crippen LogP contribution in [0.2, 0.25) is 0 Å². The van der Waals surface area contributed by atoms with Crippen molar-refractivity contribution in [2.24, 2.45) is 0 Å². The number of hydrogen-bond acceptors (Lipinski definition) is 5. The van der Waals surface area contributed by atoms with E-state index in [0.29, 0.717) is 11.4 Å². The molecule has 7 heteroatoms. The molecule has 1 aromatic carbocycles. The highest BCUT2D eigenvalue weighted by atomic mass is 16.4. The van der Waals surface area contributed by atoms with Gasteiger partial charge in [0, 0.05) is 19.2 Å². The normalized spacial score (nSPS) is 19.6. The van der Waals surface area contributed by atoms with Gasteiger partial charge in [-0.15, -0.1) is 0 Å². The van der Waals surface area contributed by atoms with E-state index in [1.807, 2.05) is 6.07 Å². The van der Waals surface area contributed by atoms with E-state index in [2.05, 4.69) is 10.2 Å². The Bertz CT molecular complexity index is 910. The van der Waals surface area contributed by atoms with Crippen LogP contribution in [0, 0.1) is 0 Å². The molecular formula is C20H19N3O4. The molecule has 2 saturated heterocycles. The van der Waals surface area contributed by atoms with Crippen molar-refractivity contribution in [3.63, 3.8) is 0 Å². The minimum atomic E-state index is -0.762. The summed E-state index contributed by atoms with van der Waals surface area (Å²) in [7, 11) is 0. The van der Waals surface area contributed by atoms with Crippen LogP contribution in [0.1, 0.15) is 25.0 Å². The van der Waals surface area contributed by atoms with Gasteiger partial charge in [-0.25, -0.2) is 9.69 Å². The molecule has 0 spiro atoms. The van der Waals surface area contributed by atoms with Gasteiger partial charge in [-0.1, -0.05) is 18.2 Å². The fraction of sp³-hybridized carbons (Fsp3) is 0.250. The number of furan rings is 1. The van der Waals surface area contributed by atoms with Gasteiger partial charge in [0.2, 0.25) is 0 Å². The maximum atomic E-state index is 12.8. The first-order chi connectivity index (χ1) is 13.1. The van der Waals surface area contributed by atoms with Crippen molar-refractivity contribution in [3.8, 4) is 0 Å². The Kier molecular flexibility index (Phi) is 4.50. The lowest BCUT2D eigenvalue weighted by molar-refractivity contribution is -0.122. The van der Waals surface area contributed by atoms with Crippen molar-refractivity contribution >= 4 is 35.5 Å². The Balaban J connectivity index is 1.62. The van der Waals surface area contributed by atoms with Gasteiger partial charge in [0.1, 0.15) is 11.3 Å². The highest BCUT2D eigenvalue weighted by molar-refractivity contribution is 6.39. The zero-order chi connectivity index (χ0) is 18.8. The van der Waals surface area contributed by atoms with Gasteiger partial charge in [-0.2, -0.15) is 0 Å². The molecule has 0 atom stereocenters. The van der Waals surface area contributed by atoms with Crippen LogP contribution in [0.5, 0.6) is 0 Å².